The summed E-state index contributed by atoms with van der Waals surface area (Å²) in [5.74, 6) is -0.170. The van der Waals surface area contributed by atoms with Gasteiger partial charge in [0.05, 0.1) is 6.10 Å². The number of hydroxylamine groups is 1. The number of nitrogens with two attached hydrogens (primary N) is 1. The Balaban J connectivity index is 3.22. The molecule has 0 aromatic rings. The van der Waals surface area contributed by atoms with E-state index in [2.05, 4.69) is 5.48 Å². The van der Waals surface area contributed by atoms with Gasteiger partial charge in [0.25, 0.3) is 0 Å². The first-order valence-corrected chi connectivity index (χ1v) is 3.31. The molecule has 0 bridgehead atoms. The standard InChI is InChI=1S/C6H14N2O2/c1-5(2)10-8-6(9)3-4-7/h5H,3-4,7H2,1-2H3,(H,8,9). The lowest BCUT2D eigenvalue weighted by Gasteiger charge is -2.06. The van der Waals surface area contributed by atoms with E-state index < -0.39 is 0 Å². The largest absolute Gasteiger partial charge is 0.330 e. The van der Waals surface area contributed by atoms with Gasteiger partial charge in [-0.2, -0.15) is 0 Å². The first kappa shape index (κ1) is 9.39. The molecule has 3 N–H and O–H groups in total. The Labute approximate surface area is 60.7 Å². The van der Waals surface area contributed by atoms with E-state index in [1.807, 2.05) is 13.8 Å². The molecule has 0 atom stereocenters. The van der Waals surface area contributed by atoms with Gasteiger partial charge < -0.3 is 5.73 Å². The first-order chi connectivity index (χ1) is 4.66. The molecule has 0 aliphatic carbocycles. The summed E-state index contributed by atoms with van der Waals surface area (Å²) in [6.45, 7) is 4.03. The zero-order chi connectivity index (χ0) is 7.98. The molecule has 0 aromatic heterocycles. The van der Waals surface area contributed by atoms with Crippen molar-refractivity contribution >= 4 is 5.91 Å². The molecule has 0 rings (SSSR count). The summed E-state index contributed by atoms with van der Waals surface area (Å²) in [5.41, 5.74) is 7.38. The van der Waals surface area contributed by atoms with E-state index in [1.165, 1.54) is 0 Å². The third-order valence-electron chi connectivity index (χ3n) is 0.780. The van der Waals surface area contributed by atoms with Crippen molar-refractivity contribution < 1.29 is 9.63 Å². The lowest BCUT2D eigenvalue weighted by atomic mass is 10.4. The third-order valence-corrected chi connectivity index (χ3v) is 0.780. The van der Waals surface area contributed by atoms with E-state index in [-0.39, 0.29) is 12.0 Å². The molecule has 0 aliphatic heterocycles. The van der Waals surface area contributed by atoms with Gasteiger partial charge in [-0.25, -0.2) is 5.48 Å². The Hall–Kier alpha value is -0.610. The van der Waals surface area contributed by atoms with Gasteiger partial charge in [-0.05, 0) is 13.8 Å². The van der Waals surface area contributed by atoms with E-state index in [0.717, 1.165) is 0 Å². The molecule has 0 fully saturated rings. The van der Waals surface area contributed by atoms with Crippen LogP contribution in [-0.4, -0.2) is 18.6 Å². The van der Waals surface area contributed by atoms with Gasteiger partial charge >= 0.3 is 0 Å². The lowest BCUT2D eigenvalue weighted by Crippen LogP contribution is -2.28. The van der Waals surface area contributed by atoms with Crippen molar-refractivity contribution in [3.63, 3.8) is 0 Å². The van der Waals surface area contributed by atoms with Crippen LogP contribution in [0.5, 0.6) is 0 Å². The molecule has 0 saturated heterocycles. The van der Waals surface area contributed by atoms with Gasteiger partial charge in [-0.3, -0.25) is 9.63 Å². The number of nitrogens with one attached hydrogen (secondary N) is 1. The van der Waals surface area contributed by atoms with Crippen LogP contribution in [0.4, 0.5) is 0 Å². The Morgan fingerprint density at radius 3 is 2.70 bits per heavy atom. The minimum atomic E-state index is -0.170. The molecule has 0 unspecified atom stereocenters. The zero-order valence-electron chi connectivity index (χ0n) is 6.39. The van der Waals surface area contributed by atoms with Crippen LogP contribution >= 0.6 is 0 Å². The van der Waals surface area contributed by atoms with Gasteiger partial charge in [0.15, 0.2) is 0 Å². The van der Waals surface area contributed by atoms with E-state index in [0.29, 0.717) is 13.0 Å². The topological polar surface area (TPSA) is 64.3 Å². The minimum Gasteiger partial charge on any atom is -0.330 e. The van der Waals surface area contributed by atoms with Crippen LogP contribution < -0.4 is 11.2 Å². The van der Waals surface area contributed by atoms with Crippen molar-refractivity contribution in [1.82, 2.24) is 5.48 Å². The van der Waals surface area contributed by atoms with E-state index >= 15 is 0 Å². The van der Waals surface area contributed by atoms with Crippen molar-refractivity contribution in [2.75, 3.05) is 6.54 Å². The van der Waals surface area contributed by atoms with Crippen molar-refractivity contribution in [2.45, 2.75) is 26.4 Å². The van der Waals surface area contributed by atoms with Crippen LogP contribution in [-0.2, 0) is 9.63 Å². The maximum absolute atomic E-state index is 10.6. The summed E-state index contributed by atoms with van der Waals surface area (Å²) >= 11 is 0. The molecule has 0 spiro atoms. The van der Waals surface area contributed by atoms with Crippen LogP contribution in [0.1, 0.15) is 20.3 Å². The molecule has 4 nitrogen and oxygen atoms in total. The Kier molecular flexibility index (Phi) is 4.88. The van der Waals surface area contributed by atoms with Gasteiger partial charge in [0, 0.05) is 13.0 Å². The lowest BCUT2D eigenvalue weighted by molar-refractivity contribution is -0.136. The SMILES string of the molecule is CC(C)ONC(=O)CCN. The fourth-order valence-electron chi connectivity index (χ4n) is 0.366. The van der Waals surface area contributed by atoms with Crippen molar-refractivity contribution in [3.05, 3.63) is 0 Å². The van der Waals surface area contributed by atoms with E-state index in [9.17, 15) is 4.79 Å². The highest BCUT2D eigenvalue weighted by Gasteiger charge is 1.99. The average molecular weight is 146 g/mol. The fourth-order valence-corrected chi connectivity index (χ4v) is 0.366. The average Bonchev–Trinajstić information content (AvgIpc) is 1.85. The van der Waals surface area contributed by atoms with Crippen LogP contribution in [0.15, 0.2) is 0 Å². The van der Waals surface area contributed by atoms with E-state index in [1.54, 1.807) is 0 Å². The second-order valence-electron chi connectivity index (χ2n) is 2.23. The molecular formula is C6H14N2O2. The van der Waals surface area contributed by atoms with E-state index in [4.69, 9.17) is 10.6 Å². The number of carbonyl (C=O) groups is 1. The summed E-state index contributed by atoms with van der Waals surface area (Å²) in [6, 6.07) is 0. The van der Waals surface area contributed by atoms with Crippen LogP contribution in [0.3, 0.4) is 0 Å². The molecule has 0 heterocycles. The quantitative estimate of drug-likeness (QED) is 0.539. The number of rotatable bonds is 4. The fraction of sp³-hybridized carbons (Fsp3) is 0.833. The summed E-state index contributed by atoms with van der Waals surface area (Å²) in [7, 11) is 0. The predicted molar refractivity (Wildman–Crippen MR) is 38.0 cm³/mol. The molecule has 4 heteroatoms. The summed E-state index contributed by atoms with van der Waals surface area (Å²) < 4.78 is 0. The second-order valence-corrected chi connectivity index (χ2v) is 2.23. The molecule has 0 aromatic carbocycles. The monoisotopic (exact) mass is 146 g/mol. The van der Waals surface area contributed by atoms with Gasteiger partial charge in [0.2, 0.25) is 5.91 Å². The highest BCUT2D eigenvalue weighted by atomic mass is 16.7. The summed E-state index contributed by atoms with van der Waals surface area (Å²) in [4.78, 5) is 15.4. The van der Waals surface area contributed by atoms with Crippen LogP contribution in [0.25, 0.3) is 0 Å². The Morgan fingerprint density at radius 2 is 2.30 bits per heavy atom. The normalized spacial score (nSPS) is 10.0. The van der Waals surface area contributed by atoms with Crippen LogP contribution in [0, 0.1) is 0 Å². The number of amides is 1. The number of hydrogen-bond acceptors (Lipinski definition) is 3. The highest BCUT2D eigenvalue weighted by molar-refractivity contribution is 5.74. The molecule has 0 aliphatic rings. The van der Waals surface area contributed by atoms with Gasteiger partial charge in [-0.1, -0.05) is 0 Å². The maximum atomic E-state index is 10.6. The van der Waals surface area contributed by atoms with Gasteiger partial charge in [-0.15, -0.1) is 0 Å². The summed E-state index contributed by atoms with van der Waals surface area (Å²) in [6.07, 6.45) is 0.328. The highest BCUT2D eigenvalue weighted by Crippen LogP contribution is 1.83. The number of hydrogen-bond donors (Lipinski definition) is 2. The molecule has 60 valence electrons. The molecule has 0 radical (unpaired) electrons. The first-order valence-electron chi connectivity index (χ1n) is 3.31. The summed E-state index contributed by atoms with van der Waals surface area (Å²) in [5, 5.41) is 0. The zero-order valence-corrected chi connectivity index (χ0v) is 6.39. The predicted octanol–water partition coefficient (Wildman–Crippen LogP) is -0.209. The minimum absolute atomic E-state index is 0.0155. The van der Waals surface area contributed by atoms with Gasteiger partial charge in [0.1, 0.15) is 0 Å². The maximum Gasteiger partial charge on any atom is 0.244 e. The van der Waals surface area contributed by atoms with Crippen molar-refractivity contribution in [1.29, 1.82) is 0 Å². The molecular weight excluding hydrogens is 132 g/mol. The molecule has 10 heavy (non-hydrogen) atoms. The smallest absolute Gasteiger partial charge is 0.244 e. The van der Waals surface area contributed by atoms with Crippen molar-refractivity contribution in [3.8, 4) is 0 Å². The molecule has 0 saturated carbocycles. The Morgan fingerprint density at radius 1 is 1.70 bits per heavy atom. The Bertz CT molecular complexity index is 104. The third kappa shape index (κ3) is 5.53. The molecule has 1 amide bonds. The van der Waals surface area contributed by atoms with Crippen LogP contribution in [0.2, 0.25) is 0 Å². The van der Waals surface area contributed by atoms with Crippen molar-refractivity contribution in [2.24, 2.45) is 5.73 Å². The second kappa shape index (κ2) is 5.20. The number of carbonyl (C=O) groups excluding carboxylic acids is 1.